The molecule has 1 aliphatic heterocycles. The molecule has 0 saturated carbocycles. The van der Waals surface area contributed by atoms with Gasteiger partial charge in [0.15, 0.2) is 0 Å². The van der Waals surface area contributed by atoms with Crippen LogP contribution >= 0.6 is 11.6 Å². The number of carbonyl (C=O) groups excluding carboxylic acids is 1. The number of halogens is 1. The number of aliphatic carboxylic acids is 1. The van der Waals surface area contributed by atoms with Crippen LogP contribution in [-0.4, -0.2) is 69.5 Å². The average Bonchev–Trinajstić information content (AvgIpc) is 3.16. The van der Waals surface area contributed by atoms with Crippen molar-refractivity contribution in [2.45, 2.75) is 12.3 Å². The number of sulfonamides is 1. The summed E-state index contributed by atoms with van der Waals surface area (Å²) in [6.07, 6.45) is 0.993. The summed E-state index contributed by atoms with van der Waals surface area (Å²) in [7, 11) is 0.238. The monoisotopic (exact) mass is 568 g/mol. The molecule has 1 heterocycles. The van der Waals surface area contributed by atoms with Crippen LogP contribution in [0.4, 0.5) is 17.1 Å². The first-order valence-electron chi connectivity index (χ1n) is 12.1. The highest BCUT2D eigenvalue weighted by atomic mass is 35.5. The van der Waals surface area contributed by atoms with Crippen molar-refractivity contribution in [2.24, 2.45) is 4.99 Å². The summed E-state index contributed by atoms with van der Waals surface area (Å²) in [5.74, 6) is -2.01. The van der Waals surface area contributed by atoms with Crippen LogP contribution in [0.15, 0.2) is 71.7 Å². The van der Waals surface area contributed by atoms with Gasteiger partial charge in [-0.2, -0.15) is 0 Å². The maximum absolute atomic E-state index is 13.2. The fourth-order valence-electron chi connectivity index (χ4n) is 4.43. The number of amides is 1. The van der Waals surface area contributed by atoms with Gasteiger partial charge in [0, 0.05) is 23.8 Å². The Kier molecular flexibility index (Phi) is 8.39. The highest BCUT2D eigenvalue weighted by Crippen LogP contribution is 2.38. The number of nitrogens with zero attached hydrogens (tertiary/aromatic N) is 3. The number of hydrogen-bond donors (Lipinski definition) is 2. The van der Waals surface area contributed by atoms with E-state index in [-0.39, 0.29) is 18.9 Å². The largest absolute Gasteiger partial charge is 0.481 e. The minimum atomic E-state index is -3.51. The van der Waals surface area contributed by atoms with Gasteiger partial charge >= 0.3 is 5.97 Å². The van der Waals surface area contributed by atoms with E-state index in [0.717, 1.165) is 0 Å². The summed E-state index contributed by atoms with van der Waals surface area (Å²) >= 11 is 6.14. The Hall–Kier alpha value is -3.73. The number of benzene rings is 3. The molecule has 0 bridgehead atoms. The Morgan fingerprint density at radius 3 is 2.41 bits per heavy atom. The summed E-state index contributed by atoms with van der Waals surface area (Å²) in [5, 5.41) is 12.6. The number of carboxylic acids is 1. The predicted octanol–water partition coefficient (Wildman–Crippen LogP) is 4.15. The minimum absolute atomic E-state index is 0.173. The molecular formula is C28H29ClN4O5S. The van der Waals surface area contributed by atoms with Gasteiger partial charge in [-0.05, 0) is 73.3 Å². The van der Waals surface area contributed by atoms with Gasteiger partial charge in [-0.3, -0.25) is 18.9 Å². The standard InChI is InChI=1S/C28H29ClN4O5S/c1-32(2)13-14-33(39(3,37)38)22-10-8-21(9-11-22)30-27(19-6-4-5-18(15-19)16-25(34)35)26-23-12-7-20(29)17-24(23)31-28(26)36/h4-12,15,17,26H,13-14,16H2,1-3H3,(H,31,36)(H,34,35). The second-order valence-electron chi connectivity index (χ2n) is 9.58. The van der Waals surface area contributed by atoms with Crippen LogP contribution in [-0.2, 0) is 26.0 Å². The third-order valence-corrected chi connectivity index (χ3v) is 7.66. The first-order chi connectivity index (χ1) is 18.4. The first-order valence-corrected chi connectivity index (χ1v) is 14.4. The minimum Gasteiger partial charge on any atom is -0.481 e. The van der Waals surface area contributed by atoms with E-state index in [1.807, 2.05) is 19.0 Å². The summed E-state index contributed by atoms with van der Waals surface area (Å²) < 4.78 is 26.2. The van der Waals surface area contributed by atoms with Gasteiger partial charge < -0.3 is 15.3 Å². The first kappa shape index (κ1) is 28.3. The van der Waals surface area contributed by atoms with Gasteiger partial charge in [-0.15, -0.1) is 0 Å². The molecule has 0 aliphatic carbocycles. The van der Waals surface area contributed by atoms with Crippen LogP contribution in [0.25, 0.3) is 0 Å². The third kappa shape index (κ3) is 6.83. The molecule has 3 aromatic carbocycles. The van der Waals surface area contributed by atoms with Gasteiger partial charge in [0.05, 0.1) is 29.8 Å². The van der Waals surface area contributed by atoms with Crippen LogP contribution < -0.4 is 9.62 Å². The zero-order valence-corrected chi connectivity index (χ0v) is 23.3. The van der Waals surface area contributed by atoms with Crippen LogP contribution in [0.5, 0.6) is 0 Å². The van der Waals surface area contributed by atoms with E-state index in [1.54, 1.807) is 66.7 Å². The van der Waals surface area contributed by atoms with Gasteiger partial charge in [0.1, 0.15) is 5.92 Å². The van der Waals surface area contributed by atoms with Crippen molar-refractivity contribution in [3.8, 4) is 0 Å². The van der Waals surface area contributed by atoms with Crippen LogP contribution in [0.3, 0.4) is 0 Å². The molecule has 0 saturated heterocycles. The van der Waals surface area contributed by atoms with Gasteiger partial charge in [0.25, 0.3) is 0 Å². The molecule has 1 aliphatic rings. The van der Waals surface area contributed by atoms with E-state index < -0.39 is 21.9 Å². The van der Waals surface area contributed by atoms with Crippen molar-refractivity contribution in [3.63, 3.8) is 0 Å². The van der Waals surface area contributed by atoms with E-state index in [9.17, 15) is 23.1 Å². The topological polar surface area (TPSA) is 119 Å². The molecule has 9 nitrogen and oxygen atoms in total. The molecule has 1 atom stereocenters. The second kappa shape index (κ2) is 11.6. The van der Waals surface area contributed by atoms with Crippen molar-refractivity contribution in [3.05, 3.63) is 88.4 Å². The van der Waals surface area contributed by atoms with E-state index in [2.05, 4.69) is 5.32 Å². The molecule has 0 aromatic heterocycles. The molecule has 2 N–H and O–H groups in total. The summed E-state index contributed by atoms with van der Waals surface area (Å²) in [6, 6.07) is 18.8. The number of fused-ring (bicyclic) bond motifs is 1. The summed E-state index contributed by atoms with van der Waals surface area (Å²) in [6.45, 7) is 0.835. The lowest BCUT2D eigenvalue weighted by atomic mass is 9.89. The number of rotatable bonds is 10. The van der Waals surface area contributed by atoms with Crippen LogP contribution in [0.2, 0.25) is 5.02 Å². The quantitative estimate of drug-likeness (QED) is 0.355. The molecule has 1 amide bonds. The maximum Gasteiger partial charge on any atom is 0.307 e. The van der Waals surface area contributed by atoms with Crippen LogP contribution in [0.1, 0.15) is 22.6 Å². The summed E-state index contributed by atoms with van der Waals surface area (Å²) in [5.41, 5.74) is 3.91. The zero-order valence-electron chi connectivity index (χ0n) is 21.8. The fourth-order valence-corrected chi connectivity index (χ4v) is 5.52. The SMILES string of the molecule is CN(C)CCN(c1ccc(N=C(c2cccc(CC(=O)O)c2)C2C(=O)Nc3cc(Cl)ccc32)cc1)S(C)(=O)=O. The molecule has 3 aromatic rings. The van der Waals surface area contributed by atoms with Crippen molar-refractivity contribution in [1.82, 2.24) is 4.90 Å². The second-order valence-corrected chi connectivity index (χ2v) is 11.9. The average molecular weight is 569 g/mol. The Morgan fingerprint density at radius 2 is 1.77 bits per heavy atom. The Bertz CT molecular complexity index is 1540. The Labute approximate surface area is 232 Å². The van der Waals surface area contributed by atoms with Crippen LogP contribution in [0, 0.1) is 0 Å². The number of likely N-dealkylation sites (N-methyl/N-ethyl adjacent to an activating group) is 1. The van der Waals surface area contributed by atoms with Crippen molar-refractivity contribution >= 4 is 56.3 Å². The Morgan fingerprint density at radius 1 is 1.05 bits per heavy atom. The number of aliphatic imine (C=N–C) groups is 1. The molecule has 1 unspecified atom stereocenters. The van der Waals surface area contributed by atoms with Crippen molar-refractivity contribution in [1.29, 1.82) is 0 Å². The van der Waals surface area contributed by atoms with E-state index in [0.29, 0.717) is 51.0 Å². The highest BCUT2D eigenvalue weighted by molar-refractivity contribution is 7.92. The third-order valence-electron chi connectivity index (χ3n) is 6.24. The van der Waals surface area contributed by atoms with Gasteiger partial charge in [-0.25, -0.2) is 8.42 Å². The molecule has 0 fully saturated rings. The Balaban J connectivity index is 1.79. The highest BCUT2D eigenvalue weighted by Gasteiger charge is 2.35. The molecule has 39 heavy (non-hydrogen) atoms. The van der Waals surface area contributed by atoms with E-state index in [1.165, 1.54) is 10.6 Å². The number of carbonyl (C=O) groups is 2. The van der Waals surface area contributed by atoms with E-state index >= 15 is 0 Å². The summed E-state index contributed by atoms with van der Waals surface area (Å²) in [4.78, 5) is 31.3. The lowest BCUT2D eigenvalue weighted by Gasteiger charge is -2.24. The molecule has 204 valence electrons. The zero-order chi connectivity index (χ0) is 28.3. The molecule has 0 spiro atoms. The maximum atomic E-state index is 13.2. The predicted molar refractivity (Wildman–Crippen MR) is 154 cm³/mol. The van der Waals surface area contributed by atoms with Gasteiger partial charge in [-0.1, -0.05) is 35.9 Å². The number of hydrogen-bond acceptors (Lipinski definition) is 6. The normalized spacial score (nSPS) is 15.3. The van der Waals surface area contributed by atoms with Gasteiger partial charge in [0.2, 0.25) is 15.9 Å². The lowest BCUT2D eigenvalue weighted by Crippen LogP contribution is -2.35. The van der Waals surface area contributed by atoms with E-state index in [4.69, 9.17) is 16.6 Å². The van der Waals surface area contributed by atoms with Crippen molar-refractivity contribution < 1.29 is 23.1 Å². The fraction of sp³-hybridized carbons (Fsp3) is 0.250. The molecular weight excluding hydrogens is 540 g/mol. The molecule has 0 radical (unpaired) electrons. The number of anilines is 2. The number of nitrogens with one attached hydrogen (secondary N) is 1. The lowest BCUT2D eigenvalue weighted by molar-refractivity contribution is -0.136. The molecule has 4 rings (SSSR count). The smallest absolute Gasteiger partial charge is 0.307 e. The van der Waals surface area contributed by atoms with Crippen molar-refractivity contribution in [2.75, 3.05) is 43.1 Å². The molecule has 11 heteroatoms. The number of carboxylic acid groups (broad SMARTS) is 1.